The van der Waals surface area contributed by atoms with Crippen LogP contribution in [0.25, 0.3) is 0 Å². The number of aromatic hydroxyl groups is 1. The third-order valence-corrected chi connectivity index (χ3v) is 7.96. The molecule has 0 bridgehead atoms. The number of carbonyl (C=O) groups excluding carboxylic acids is 4. The summed E-state index contributed by atoms with van der Waals surface area (Å²) in [4.78, 5) is 54.1. The lowest BCUT2D eigenvalue weighted by Crippen LogP contribution is -2.55. The number of hydrogen-bond donors (Lipinski definition) is 4. The molecular formula is C32H34N4O5. The van der Waals surface area contributed by atoms with Crippen LogP contribution in [0.5, 0.6) is 5.75 Å². The largest absolute Gasteiger partial charge is 0.508 e. The summed E-state index contributed by atoms with van der Waals surface area (Å²) in [5.41, 5.74) is 9.17. The van der Waals surface area contributed by atoms with Crippen molar-refractivity contribution in [3.8, 4) is 5.75 Å². The van der Waals surface area contributed by atoms with E-state index in [0.29, 0.717) is 24.1 Å². The SMILES string of the molecule is C[C@H]1CCc2c(O)ccc3c2N(C1=O)[C@H](C(=O)N[C@@H](CCC(N)=O)C(=O)NC(c1ccccc1)c1ccccc1)C3. The van der Waals surface area contributed by atoms with Crippen molar-refractivity contribution in [2.75, 3.05) is 4.90 Å². The van der Waals surface area contributed by atoms with Gasteiger partial charge < -0.3 is 21.5 Å². The predicted octanol–water partition coefficient (Wildman–Crippen LogP) is 2.89. The maximum atomic E-state index is 13.8. The summed E-state index contributed by atoms with van der Waals surface area (Å²) in [7, 11) is 0. The molecular weight excluding hydrogens is 520 g/mol. The number of hydrogen-bond acceptors (Lipinski definition) is 5. The van der Waals surface area contributed by atoms with Crippen molar-refractivity contribution < 1.29 is 24.3 Å². The summed E-state index contributed by atoms with van der Waals surface area (Å²) in [5.74, 6) is -2.00. The van der Waals surface area contributed by atoms with Crippen molar-refractivity contribution in [2.24, 2.45) is 11.7 Å². The van der Waals surface area contributed by atoms with E-state index < -0.39 is 35.8 Å². The standard InChI is InChI=1S/C32H34N4O5/c1-19-12-14-23-26(37)16-13-22-18-25(36(29(22)23)32(19)41)31(40)34-24(15-17-27(33)38)30(39)35-28(20-8-4-2-5-9-20)21-10-6-3-7-11-21/h2-11,13,16,19,24-25,28,37H,12,14-15,17-18H2,1H3,(H2,33,38)(H,34,40)(H,35,39)/t19-,24-,25-/m0/s1. The molecule has 9 heteroatoms. The van der Waals surface area contributed by atoms with Gasteiger partial charge in [0.2, 0.25) is 23.6 Å². The summed E-state index contributed by atoms with van der Waals surface area (Å²) < 4.78 is 0. The number of phenolic OH excluding ortho intramolecular Hbond substituents is 1. The molecule has 0 unspecified atom stereocenters. The molecule has 212 valence electrons. The number of phenols is 1. The van der Waals surface area contributed by atoms with Crippen LogP contribution in [0.4, 0.5) is 5.69 Å². The molecule has 41 heavy (non-hydrogen) atoms. The minimum absolute atomic E-state index is 0.000732. The Balaban J connectivity index is 1.41. The molecule has 3 aromatic carbocycles. The molecule has 4 amide bonds. The van der Waals surface area contributed by atoms with Crippen LogP contribution in [0.15, 0.2) is 72.8 Å². The van der Waals surface area contributed by atoms with Gasteiger partial charge in [-0.3, -0.25) is 24.1 Å². The Hall–Kier alpha value is -4.66. The van der Waals surface area contributed by atoms with Gasteiger partial charge in [0.15, 0.2) is 0 Å². The number of primary amides is 1. The van der Waals surface area contributed by atoms with E-state index >= 15 is 0 Å². The van der Waals surface area contributed by atoms with Gasteiger partial charge in [0, 0.05) is 24.3 Å². The van der Waals surface area contributed by atoms with Crippen LogP contribution in [0.2, 0.25) is 0 Å². The molecule has 2 aliphatic rings. The van der Waals surface area contributed by atoms with Crippen molar-refractivity contribution >= 4 is 29.3 Å². The van der Waals surface area contributed by atoms with Gasteiger partial charge in [-0.1, -0.05) is 73.7 Å². The van der Waals surface area contributed by atoms with E-state index in [9.17, 15) is 24.3 Å². The number of amides is 4. The number of rotatable bonds is 9. The van der Waals surface area contributed by atoms with Crippen molar-refractivity contribution in [2.45, 2.75) is 57.2 Å². The van der Waals surface area contributed by atoms with E-state index in [1.165, 1.54) is 4.90 Å². The van der Waals surface area contributed by atoms with Crippen molar-refractivity contribution in [3.05, 3.63) is 95.1 Å². The Kier molecular flexibility index (Phi) is 8.05. The van der Waals surface area contributed by atoms with Crippen LogP contribution in [-0.2, 0) is 32.0 Å². The van der Waals surface area contributed by atoms with E-state index in [1.54, 1.807) is 12.1 Å². The minimum Gasteiger partial charge on any atom is -0.508 e. The summed E-state index contributed by atoms with van der Waals surface area (Å²) in [6.07, 6.45) is 1.23. The van der Waals surface area contributed by atoms with Crippen LogP contribution >= 0.6 is 0 Å². The maximum absolute atomic E-state index is 13.8. The quantitative estimate of drug-likeness (QED) is 0.322. The number of nitrogens with one attached hydrogen (secondary N) is 2. The molecule has 3 atom stereocenters. The van der Waals surface area contributed by atoms with Crippen LogP contribution in [-0.4, -0.2) is 40.8 Å². The molecule has 9 nitrogen and oxygen atoms in total. The predicted molar refractivity (Wildman–Crippen MR) is 154 cm³/mol. The molecule has 2 heterocycles. The van der Waals surface area contributed by atoms with Gasteiger partial charge in [-0.15, -0.1) is 0 Å². The van der Waals surface area contributed by atoms with E-state index in [0.717, 1.165) is 16.7 Å². The Labute approximate surface area is 238 Å². The fraction of sp³-hybridized carbons (Fsp3) is 0.312. The van der Waals surface area contributed by atoms with Crippen LogP contribution in [0.1, 0.15) is 54.5 Å². The van der Waals surface area contributed by atoms with Gasteiger partial charge in [-0.2, -0.15) is 0 Å². The van der Waals surface area contributed by atoms with Crippen molar-refractivity contribution in [1.29, 1.82) is 0 Å². The van der Waals surface area contributed by atoms with Gasteiger partial charge in [-0.25, -0.2) is 0 Å². The highest BCUT2D eigenvalue weighted by Gasteiger charge is 2.44. The zero-order valence-corrected chi connectivity index (χ0v) is 22.9. The minimum atomic E-state index is -1.07. The first kappa shape index (κ1) is 27.9. The monoisotopic (exact) mass is 554 g/mol. The summed E-state index contributed by atoms with van der Waals surface area (Å²) in [6.45, 7) is 1.81. The van der Waals surface area contributed by atoms with Gasteiger partial charge in [0.1, 0.15) is 17.8 Å². The summed E-state index contributed by atoms with van der Waals surface area (Å²) in [6, 6.07) is 19.8. The van der Waals surface area contributed by atoms with Crippen LogP contribution in [0.3, 0.4) is 0 Å². The van der Waals surface area contributed by atoms with Crippen LogP contribution < -0.4 is 21.3 Å². The Bertz CT molecular complexity index is 1420. The zero-order valence-electron chi connectivity index (χ0n) is 22.9. The second kappa shape index (κ2) is 11.8. The first-order valence-corrected chi connectivity index (χ1v) is 13.9. The fourth-order valence-corrected chi connectivity index (χ4v) is 5.75. The van der Waals surface area contributed by atoms with Crippen molar-refractivity contribution in [3.63, 3.8) is 0 Å². The average Bonchev–Trinajstić information content (AvgIpc) is 3.31. The molecule has 0 aromatic heterocycles. The first-order valence-electron chi connectivity index (χ1n) is 13.9. The molecule has 0 fully saturated rings. The van der Waals surface area contributed by atoms with Gasteiger partial charge in [0.05, 0.1) is 11.7 Å². The van der Waals surface area contributed by atoms with E-state index in [2.05, 4.69) is 10.6 Å². The normalized spacial score (nSPS) is 18.4. The molecule has 5 N–H and O–H groups in total. The number of carbonyl (C=O) groups is 4. The van der Waals surface area contributed by atoms with Crippen molar-refractivity contribution in [1.82, 2.24) is 10.6 Å². The van der Waals surface area contributed by atoms with E-state index in [4.69, 9.17) is 5.73 Å². The molecule has 0 spiro atoms. The molecule has 2 aliphatic heterocycles. The Morgan fingerprint density at radius 3 is 2.22 bits per heavy atom. The third kappa shape index (κ3) is 5.79. The summed E-state index contributed by atoms with van der Waals surface area (Å²) in [5, 5.41) is 16.4. The van der Waals surface area contributed by atoms with Gasteiger partial charge >= 0.3 is 0 Å². The highest BCUT2D eigenvalue weighted by molar-refractivity contribution is 6.06. The number of nitrogens with zero attached hydrogens (tertiary/aromatic N) is 1. The Morgan fingerprint density at radius 1 is 0.976 bits per heavy atom. The van der Waals surface area contributed by atoms with E-state index in [1.807, 2.05) is 67.6 Å². The van der Waals surface area contributed by atoms with Gasteiger partial charge in [-0.05, 0) is 42.0 Å². The fourth-order valence-electron chi connectivity index (χ4n) is 5.75. The molecule has 3 aromatic rings. The molecule has 5 rings (SSSR count). The second-order valence-corrected chi connectivity index (χ2v) is 10.8. The number of benzene rings is 3. The lowest BCUT2D eigenvalue weighted by atomic mass is 9.97. The lowest BCUT2D eigenvalue weighted by Gasteiger charge is -2.29. The third-order valence-electron chi connectivity index (χ3n) is 7.96. The topological polar surface area (TPSA) is 142 Å². The smallest absolute Gasteiger partial charge is 0.244 e. The summed E-state index contributed by atoms with van der Waals surface area (Å²) >= 11 is 0. The molecule has 0 saturated heterocycles. The average molecular weight is 555 g/mol. The highest BCUT2D eigenvalue weighted by atomic mass is 16.3. The van der Waals surface area contributed by atoms with Gasteiger partial charge in [0.25, 0.3) is 0 Å². The molecule has 0 aliphatic carbocycles. The number of anilines is 1. The van der Waals surface area contributed by atoms with E-state index in [-0.39, 0.29) is 36.8 Å². The Morgan fingerprint density at radius 2 is 1.61 bits per heavy atom. The molecule has 0 radical (unpaired) electrons. The second-order valence-electron chi connectivity index (χ2n) is 10.8. The molecule has 0 saturated carbocycles. The highest BCUT2D eigenvalue weighted by Crippen LogP contribution is 2.43. The maximum Gasteiger partial charge on any atom is 0.244 e. The first-order chi connectivity index (χ1) is 19.7. The van der Waals surface area contributed by atoms with Crippen LogP contribution in [0, 0.1) is 5.92 Å². The zero-order chi connectivity index (χ0) is 29.1. The number of nitrogens with two attached hydrogens (primary N) is 1. The lowest BCUT2D eigenvalue weighted by molar-refractivity contribution is -0.131.